The molecule has 0 aromatic carbocycles. The molecule has 2 heterocycles. The van der Waals surface area contributed by atoms with Crippen molar-refractivity contribution in [1.82, 2.24) is 9.99 Å². The summed E-state index contributed by atoms with van der Waals surface area (Å²) < 4.78 is 0. The molecule has 0 spiro atoms. The Morgan fingerprint density at radius 2 is 1.93 bits per heavy atom. The first-order chi connectivity index (χ1) is 6.77. The third-order valence-electron chi connectivity index (χ3n) is 1.94. The quantitative estimate of drug-likeness (QED) is 0.694. The fraction of sp³-hybridized carbons (Fsp3) is 0.222. The maximum absolute atomic E-state index is 11.2. The second-order valence-electron chi connectivity index (χ2n) is 2.95. The topological polar surface area (TPSA) is 62.3 Å². The molecule has 1 aliphatic rings. The van der Waals surface area contributed by atoms with E-state index in [1.807, 2.05) is 0 Å². The lowest BCUT2D eigenvalue weighted by molar-refractivity contribution is -0.136. The molecule has 0 radical (unpaired) electrons. The minimum atomic E-state index is -0.208. The van der Waals surface area contributed by atoms with E-state index in [-0.39, 0.29) is 24.7 Å². The molecule has 0 atom stereocenters. The summed E-state index contributed by atoms with van der Waals surface area (Å²) in [6, 6.07) is 5.23. The summed E-state index contributed by atoms with van der Waals surface area (Å²) in [5, 5.41) is 1.02. The summed E-state index contributed by atoms with van der Waals surface area (Å²) in [5.74, 6) is 0.0809. The summed E-state index contributed by atoms with van der Waals surface area (Å²) in [7, 11) is 0. The van der Waals surface area contributed by atoms with Crippen molar-refractivity contribution in [3.05, 3.63) is 24.4 Å². The zero-order valence-electron chi connectivity index (χ0n) is 7.43. The number of nitrogens with one attached hydrogen (secondary N) is 1. The van der Waals surface area contributed by atoms with Gasteiger partial charge in [0.1, 0.15) is 5.82 Å². The van der Waals surface area contributed by atoms with Gasteiger partial charge in [0.25, 0.3) is 0 Å². The molecule has 1 aromatic heterocycles. The van der Waals surface area contributed by atoms with E-state index in [4.69, 9.17) is 0 Å². The molecule has 0 saturated carbocycles. The third-order valence-corrected chi connectivity index (χ3v) is 1.94. The number of carbonyl (C=O) groups is 2. The standard InChI is InChI=1S/C9H9N3O2/c13-8-4-5-9(14)12(8)11-7-3-1-2-6-10-7/h1-3,6H,4-5H2,(H,10,11). The summed E-state index contributed by atoms with van der Waals surface area (Å²) in [6.45, 7) is 0. The van der Waals surface area contributed by atoms with Crippen LogP contribution in [0.15, 0.2) is 24.4 Å². The normalized spacial score (nSPS) is 16.1. The molecule has 5 heteroatoms. The zero-order valence-corrected chi connectivity index (χ0v) is 7.43. The fourth-order valence-electron chi connectivity index (χ4n) is 1.24. The summed E-state index contributed by atoms with van der Waals surface area (Å²) in [5.41, 5.74) is 2.66. The number of hydrogen-bond donors (Lipinski definition) is 1. The number of pyridine rings is 1. The van der Waals surface area contributed by atoms with Gasteiger partial charge in [-0.05, 0) is 12.1 Å². The van der Waals surface area contributed by atoms with E-state index in [0.717, 1.165) is 5.01 Å². The largest absolute Gasteiger partial charge is 0.273 e. The SMILES string of the molecule is O=C1CCC(=O)N1Nc1ccccn1. The molecule has 1 saturated heterocycles. The molecular formula is C9H9N3O2. The first-order valence-electron chi connectivity index (χ1n) is 4.31. The van der Waals surface area contributed by atoms with Crippen LogP contribution in [-0.2, 0) is 9.59 Å². The highest BCUT2D eigenvalue weighted by Gasteiger charge is 2.29. The molecule has 0 aliphatic carbocycles. The van der Waals surface area contributed by atoms with Crippen LogP contribution in [0.1, 0.15) is 12.8 Å². The van der Waals surface area contributed by atoms with Crippen molar-refractivity contribution in [2.75, 3.05) is 5.43 Å². The number of anilines is 1. The van der Waals surface area contributed by atoms with Crippen molar-refractivity contribution in [3.63, 3.8) is 0 Å². The molecule has 14 heavy (non-hydrogen) atoms. The molecular weight excluding hydrogens is 182 g/mol. The average Bonchev–Trinajstić information content (AvgIpc) is 2.51. The molecule has 0 unspecified atom stereocenters. The fourth-order valence-corrected chi connectivity index (χ4v) is 1.24. The Labute approximate surface area is 80.7 Å². The Bertz CT molecular complexity index is 348. The molecule has 72 valence electrons. The van der Waals surface area contributed by atoms with Crippen LogP contribution in [0, 0.1) is 0 Å². The average molecular weight is 191 g/mol. The number of hydrogen-bond acceptors (Lipinski definition) is 4. The highest BCUT2D eigenvalue weighted by atomic mass is 16.2. The maximum atomic E-state index is 11.2. The lowest BCUT2D eigenvalue weighted by Gasteiger charge is -2.14. The van der Waals surface area contributed by atoms with E-state index < -0.39 is 0 Å². The van der Waals surface area contributed by atoms with Gasteiger partial charge in [-0.15, -0.1) is 0 Å². The Morgan fingerprint density at radius 1 is 1.21 bits per heavy atom. The molecule has 1 aromatic rings. The monoisotopic (exact) mass is 191 g/mol. The van der Waals surface area contributed by atoms with Crippen molar-refractivity contribution in [3.8, 4) is 0 Å². The molecule has 1 fully saturated rings. The van der Waals surface area contributed by atoms with Gasteiger partial charge in [0.15, 0.2) is 0 Å². The van der Waals surface area contributed by atoms with Crippen LogP contribution in [0.3, 0.4) is 0 Å². The van der Waals surface area contributed by atoms with E-state index >= 15 is 0 Å². The van der Waals surface area contributed by atoms with Crippen LogP contribution in [0.25, 0.3) is 0 Å². The summed E-state index contributed by atoms with van der Waals surface area (Å²) >= 11 is 0. The molecule has 2 rings (SSSR count). The molecule has 1 N–H and O–H groups in total. The number of hydrazine groups is 1. The van der Waals surface area contributed by atoms with Crippen LogP contribution in [-0.4, -0.2) is 21.8 Å². The first-order valence-corrected chi connectivity index (χ1v) is 4.31. The van der Waals surface area contributed by atoms with Crippen LogP contribution < -0.4 is 5.43 Å². The van der Waals surface area contributed by atoms with Gasteiger partial charge in [-0.25, -0.2) is 4.98 Å². The molecule has 5 nitrogen and oxygen atoms in total. The van der Waals surface area contributed by atoms with Gasteiger partial charge in [-0.2, -0.15) is 5.01 Å². The van der Waals surface area contributed by atoms with Gasteiger partial charge in [0.05, 0.1) is 0 Å². The van der Waals surface area contributed by atoms with Gasteiger partial charge in [-0.1, -0.05) is 6.07 Å². The van der Waals surface area contributed by atoms with Crippen molar-refractivity contribution in [1.29, 1.82) is 0 Å². The Kier molecular flexibility index (Phi) is 2.14. The highest BCUT2D eigenvalue weighted by molar-refractivity contribution is 6.02. The molecule has 2 amide bonds. The Balaban J connectivity index is 2.11. The molecule has 0 bridgehead atoms. The van der Waals surface area contributed by atoms with Crippen LogP contribution in [0.2, 0.25) is 0 Å². The van der Waals surface area contributed by atoms with E-state index in [2.05, 4.69) is 10.4 Å². The number of rotatable bonds is 2. The van der Waals surface area contributed by atoms with Crippen LogP contribution in [0.5, 0.6) is 0 Å². The number of imide groups is 1. The maximum Gasteiger partial charge on any atom is 0.248 e. The van der Waals surface area contributed by atoms with E-state index in [1.165, 1.54) is 0 Å². The predicted octanol–water partition coefficient (Wildman–Crippen LogP) is 0.557. The third kappa shape index (κ3) is 1.56. The number of carbonyl (C=O) groups excluding carboxylic acids is 2. The van der Waals surface area contributed by atoms with Crippen molar-refractivity contribution < 1.29 is 9.59 Å². The highest BCUT2D eigenvalue weighted by Crippen LogP contribution is 2.12. The van der Waals surface area contributed by atoms with Crippen molar-refractivity contribution >= 4 is 17.6 Å². The lowest BCUT2D eigenvalue weighted by Crippen LogP contribution is -2.34. The minimum absolute atomic E-state index is 0.208. The van der Waals surface area contributed by atoms with E-state index in [1.54, 1.807) is 24.4 Å². The summed E-state index contributed by atoms with van der Waals surface area (Å²) in [6.07, 6.45) is 2.14. The number of aromatic nitrogens is 1. The second-order valence-corrected chi connectivity index (χ2v) is 2.95. The lowest BCUT2D eigenvalue weighted by atomic mass is 10.4. The van der Waals surface area contributed by atoms with E-state index in [9.17, 15) is 9.59 Å². The van der Waals surface area contributed by atoms with Gasteiger partial charge in [0, 0.05) is 19.0 Å². The van der Waals surface area contributed by atoms with Crippen LogP contribution in [0.4, 0.5) is 5.82 Å². The van der Waals surface area contributed by atoms with E-state index in [0.29, 0.717) is 5.82 Å². The number of amides is 2. The van der Waals surface area contributed by atoms with Gasteiger partial charge in [0.2, 0.25) is 11.8 Å². The Morgan fingerprint density at radius 3 is 2.50 bits per heavy atom. The van der Waals surface area contributed by atoms with Crippen molar-refractivity contribution in [2.24, 2.45) is 0 Å². The first kappa shape index (κ1) is 8.68. The zero-order chi connectivity index (χ0) is 9.97. The van der Waals surface area contributed by atoms with Crippen LogP contribution >= 0.6 is 0 Å². The second kappa shape index (κ2) is 3.45. The Hall–Kier alpha value is -1.91. The van der Waals surface area contributed by atoms with Gasteiger partial charge >= 0.3 is 0 Å². The predicted molar refractivity (Wildman–Crippen MR) is 48.9 cm³/mol. The smallest absolute Gasteiger partial charge is 0.248 e. The minimum Gasteiger partial charge on any atom is -0.273 e. The summed E-state index contributed by atoms with van der Waals surface area (Å²) in [4.78, 5) is 26.4. The molecule has 1 aliphatic heterocycles. The van der Waals surface area contributed by atoms with Crippen molar-refractivity contribution in [2.45, 2.75) is 12.8 Å². The van der Waals surface area contributed by atoms with Gasteiger partial charge < -0.3 is 0 Å². The van der Waals surface area contributed by atoms with Gasteiger partial charge in [-0.3, -0.25) is 15.0 Å². The number of nitrogens with zero attached hydrogens (tertiary/aromatic N) is 2.